The molecule has 0 saturated heterocycles. The minimum Gasteiger partial charge on any atom is -0.493 e. The maximum absolute atomic E-state index is 13.5. The number of allylic oxidation sites excluding steroid dienone is 1. The maximum Gasteiger partial charge on any atom is 0.272 e. The molecular weight excluding hydrogens is 588 g/mol. The number of hydrogen-bond donors (Lipinski definition) is 2. The lowest BCUT2D eigenvalue weighted by Crippen LogP contribution is -2.30. The summed E-state index contributed by atoms with van der Waals surface area (Å²) in [7, 11) is 7.55. The molecule has 2 N–H and O–H groups in total. The summed E-state index contributed by atoms with van der Waals surface area (Å²) in [5, 5.41) is 5.48. The van der Waals surface area contributed by atoms with E-state index in [1.165, 1.54) is 33.5 Å². The number of nitrogens with one attached hydrogen (secondary N) is 2. The van der Waals surface area contributed by atoms with Crippen LogP contribution in [0.3, 0.4) is 0 Å². The van der Waals surface area contributed by atoms with Gasteiger partial charge >= 0.3 is 0 Å². The van der Waals surface area contributed by atoms with Crippen molar-refractivity contribution in [1.82, 2.24) is 5.32 Å². The molecule has 0 aromatic heterocycles. The molecule has 0 heterocycles. The second-order valence-corrected chi connectivity index (χ2v) is 9.68. The molecule has 4 aromatic rings. The van der Waals surface area contributed by atoms with E-state index < -0.39 is 11.8 Å². The molecule has 0 atom stereocenters. The third-order valence-corrected chi connectivity index (χ3v) is 6.79. The van der Waals surface area contributed by atoms with Crippen LogP contribution in [-0.2, 0) is 4.79 Å². The Labute approximate surface area is 267 Å². The largest absolute Gasteiger partial charge is 0.493 e. The van der Waals surface area contributed by atoms with Gasteiger partial charge in [0.05, 0.1) is 35.5 Å². The quantitative estimate of drug-likeness (QED) is 0.137. The highest BCUT2D eigenvalue weighted by Crippen LogP contribution is 2.38. The number of carbonyl (C=O) groups is 3. The Bertz CT molecular complexity index is 1740. The fraction of sp³-hybridized carbons (Fsp3) is 0.139. The summed E-state index contributed by atoms with van der Waals surface area (Å²) in [4.78, 5) is 39.4. The van der Waals surface area contributed by atoms with E-state index >= 15 is 0 Å². The number of methoxy groups -OCH3 is 5. The van der Waals surface area contributed by atoms with Crippen molar-refractivity contribution >= 4 is 35.4 Å². The number of hydrogen-bond acceptors (Lipinski definition) is 8. The molecule has 236 valence electrons. The Kier molecular flexibility index (Phi) is 11.2. The van der Waals surface area contributed by atoms with Gasteiger partial charge in [-0.2, -0.15) is 0 Å². The van der Waals surface area contributed by atoms with E-state index in [1.54, 1.807) is 99.2 Å². The summed E-state index contributed by atoms with van der Waals surface area (Å²) in [5.74, 6) is 0.980. The molecular formula is C36H34N2O8. The van der Waals surface area contributed by atoms with Gasteiger partial charge in [-0.3, -0.25) is 14.4 Å². The Morgan fingerprint density at radius 3 is 1.80 bits per heavy atom. The van der Waals surface area contributed by atoms with E-state index in [2.05, 4.69) is 10.6 Å². The Hall–Kier alpha value is -6.03. The van der Waals surface area contributed by atoms with Crippen molar-refractivity contribution in [2.24, 2.45) is 0 Å². The van der Waals surface area contributed by atoms with E-state index in [4.69, 9.17) is 23.7 Å². The van der Waals surface area contributed by atoms with Gasteiger partial charge in [-0.25, -0.2) is 0 Å². The van der Waals surface area contributed by atoms with Crippen LogP contribution in [0.15, 0.2) is 96.7 Å². The molecule has 4 rings (SSSR count). The average Bonchev–Trinajstić information content (AvgIpc) is 3.10. The summed E-state index contributed by atoms with van der Waals surface area (Å²) in [6, 6.07) is 23.6. The minimum atomic E-state index is -0.592. The van der Waals surface area contributed by atoms with Crippen LogP contribution >= 0.6 is 0 Å². The third kappa shape index (κ3) is 8.11. The lowest BCUT2D eigenvalue weighted by atomic mass is 10.1. The highest BCUT2D eigenvalue weighted by molar-refractivity contribution is 6.11. The first-order valence-corrected chi connectivity index (χ1v) is 14.0. The number of carbonyl (C=O) groups excluding carboxylic acids is 3. The highest BCUT2D eigenvalue weighted by atomic mass is 16.5. The summed E-state index contributed by atoms with van der Waals surface area (Å²) < 4.78 is 26.8. The number of ether oxygens (including phenoxy) is 5. The molecule has 10 nitrogen and oxygen atoms in total. The van der Waals surface area contributed by atoms with Crippen LogP contribution in [0.2, 0.25) is 0 Å². The molecule has 0 fully saturated rings. The minimum absolute atomic E-state index is 0.0406. The van der Waals surface area contributed by atoms with E-state index in [0.717, 1.165) is 5.56 Å². The molecule has 0 radical (unpaired) electrons. The first kappa shape index (κ1) is 32.9. The Morgan fingerprint density at radius 2 is 1.22 bits per heavy atom. The fourth-order valence-corrected chi connectivity index (χ4v) is 4.43. The third-order valence-electron chi connectivity index (χ3n) is 6.79. The monoisotopic (exact) mass is 622 g/mol. The molecule has 2 amide bonds. The van der Waals surface area contributed by atoms with Gasteiger partial charge in [0, 0.05) is 16.8 Å². The molecule has 0 aliphatic carbocycles. The number of rotatable bonds is 13. The Morgan fingerprint density at radius 1 is 0.609 bits per heavy atom. The zero-order valence-corrected chi connectivity index (χ0v) is 26.1. The molecule has 0 spiro atoms. The predicted octanol–water partition coefficient (Wildman–Crippen LogP) is 6.04. The zero-order valence-electron chi connectivity index (χ0n) is 26.1. The van der Waals surface area contributed by atoms with E-state index in [1.807, 2.05) is 6.07 Å². The zero-order chi connectivity index (χ0) is 33.1. The number of ketones is 1. The normalized spacial score (nSPS) is 11.0. The summed E-state index contributed by atoms with van der Waals surface area (Å²) in [5.41, 5.74) is 2.43. The molecule has 0 aliphatic rings. The van der Waals surface area contributed by atoms with Gasteiger partial charge in [-0.15, -0.1) is 0 Å². The predicted molar refractivity (Wildman–Crippen MR) is 176 cm³/mol. The molecule has 0 aliphatic heterocycles. The standard InChI is InChI=1S/C36H34N2O8/c1-42-30-18-12-23(20-31(30)43-2)11-17-29(39)25-13-15-27(16-14-25)37-36(41)28(38-35(40)26-9-7-6-8-10-26)19-24-21-32(44-3)34(46-5)33(22-24)45-4/h6-22H,1-5H3,(H,37,41)(H,38,40)/b17-11+,28-19-. The van der Waals surface area contributed by atoms with Crippen LogP contribution in [-0.4, -0.2) is 53.1 Å². The van der Waals surface area contributed by atoms with E-state index in [9.17, 15) is 14.4 Å². The second kappa shape index (κ2) is 15.6. The Balaban J connectivity index is 1.56. The van der Waals surface area contributed by atoms with Crippen molar-refractivity contribution in [3.63, 3.8) is 0 Å². The van der Waals surface area contributed by atoms with Crippen molar-refractivity contribution in [2.45, 2.75) is 0 Å². The van der Waals surface area contributed by atoms with Crippen LogP contribution in [0.5, 0.6) is 28.7 Å². The van der Waals surface area contributed by atoms with Gasteiger partial charge < -0.3 is 34.3 Å². The van der Waals surface area contributed by atoms with Gasteiger partial charge in [0.2, 0.25) is 5.75 Å². The van der Waals surface area contributed by atoms with Crippen LogP contribution in [0.25, 0.3) is 12.2 Å². The average molecular weight is 623 g/mol. The van der Waals surface area contributed by atoms with E-state index in [0.29, 0.717) is 51.1 Å². The van der Waals surface area contributed by atoms with Gasteiger partial charge in [0.1, 0.15) is 5.70 Å². The first-order chi connectivity index (χ1) is 22.3. The van der Waals surface area contributed by atoms with Crippen LogP contribution in [0, 0.1) is 0 Å². The highest BCUT2D eigenvalue weighted by Gasteiger charge is 2.18. The number of benzene rings is 4. The van der Waals surface area contributed by atoms with Crippen molar-refractivity contribution in [3.05, 3.63) is 119 Å². The van der Waals surface area contributed by atoms with Crippen LogP contribution in [0.1, 0.15) is 31.8 Å². The molecule has 4 aromatic carbocycles. The maximum atomic E-state index is 13.5. The number of anilines is 1. The van der Waals surface area contributed by atoms with Crippen LogP contribution < -0.4 is 34.3 Å². The second-order valence-electron chi connectivity index (χ2n) is 9.68. The summed E-state index contributed by atoms with van der Waals surface area (Å²) in [6.45, 7) is 0. The summed E-state index contributed by atoms with van der Waals surface area (Å²) >= 11 is 0. The molecule has 46 heavy (non-hydrogen) atoms. The number of amides is 2. The first-order valence-electron chi connectivity index (χ1n) is 14.0. The van der Waals surface area contributed by atoms with E-state index in [-0.39, 0.29) is 11.5 Å². The van der Waals surface area contributed by atoms with Crippen molar-refractivity contribution in [2.75, 3.05) is 40.9 Å². The lowest BCUT2D eigenvalue weighted by molar-refractivity contribution is -0.113. The van der Waals surface area contributed by atoms with Gasteiger partial charge in [-0.1, -0.05) is 30.3 Å². The summed E-state index contributed by atoms with van der Waals surface area (Å²) in [6.07, 6.45) is 4.62. The van der Waals surface area contributed by atoms with Gasteiger partial charge in [0.25, 0.3) is 11.8 Å². The van der Waals surface area contributed by atoms with Gasteiger partial charge in [-0.05, 0) is 83.9 Å². The van der Waals surface area contributed by atoms with Crippen molar-refractivity contribution in [3.8, 4) is 28.7 Å². The molecule has 0 bridgehead atoms. The fourth-order valence-electron chi connectivity index (χ4n) is 4.43. The molecule has 10 heteroatoms. The van der Waals surface area contributed by atoms with Crippen molar-refractivity contribution < 1.29 is 38.1 Å². The smallest absolute Gasteiger partial charge is 0.272 e. The SMILES string of the molecule is COc1ccc(/C=C/C(=O)c2ccc(NC(=O)/C(=C/c3cc(OC)c(OC)c(OC)c3)NC(=O)c3ccccc3)cc2)cc1OC. The van der Waals surface area contributed by atoms with Crippen LogP contribution in [0.4, 0.5) is 5.69 Å². The molecule has 0 unspecified atom stereocenters. The lowest BCUT2D eigenvalue weighted by Gasteiger charge is -2.14. The van der Waals surface area contributed by atoms with Crippen molar-refractivity contribution in [1.29, 1.82) is 0 Å². The van der Waals surface area contributed by atoms with Gasteiger partial charge in [0.15, 0.2) is 28.8 Å². The molecule has 0 saturated carbocycles. The topological polar surface area (TPSA) is 121 Å².